The molecule has 1 aliphatic carbocycles. The van der Waals surface area contributed by atoms with Gasteiger partial charge in [-0.05, 0) is 41.0 Å². The first kappa shape index (κ1) is 10.0. The molecule has 1 atom stereocenters. The number of nitrogens with two attached hydrogens (primary N) is 1. The fourth-order valence-electron chi connectivity index (χ4n) is 2.09. The molecule has 2 heteroatoms. The number of benzene rings is 1. The van der Waals surface area contributed by atoms with Gasteiger partial charge in [0.2, 0.25) is 0 Å². The van der Waals surface area contributed by atoms with Gasteiger partial charge in [0, 0.05) is 11.6 Å². The van der Waals surface area contributed by atoms with E-state index in [1.165, 1.54) is 17.5 Å². The van der Waals surface area contributed by atoms with Crippen molar-refractivity contribution in [1.82, 2.24) is 0 Å². The Morgan fingerprint density at radius 3 is 2.64 bits per heavy atom. The van der Waals surface area contributed by atoms with Gasteiger partial charge in [-0.3, -0.25) is 0 Å². The molecule has 1 fully saturated rings. The third-order valence-electron chi connectivity index (χ3n) is 3.21. The highest BCUT2D eigenvalue weighted by Gasteiger charge is 2.47. The quantitative estimate of drug-likeness (QED) is 0.795. The molecular weight excluding hydrogens is 194 g/mol. The van der Waals surface area contributed by atoms with Crippen LogP contribution in [-0.2, 0) is 6.54 Å². The molecule has 0 amide bonds. The van der Waals surface area contributed by atoms with E-state index in [2.05, 4.69) is 19.9 Å². The van der Waals surface area contributed by atoms with E-state index in [0.29, 0.717) is 17.9 Å². The van der Waals surface area contributed by atoms with Gasteiger partial charge in [0.1, 0.15) is 0 Å². The van der Waals surface area contributed by atoms with Crippen molar-refractivity contribution in [2.45, 2.75) is 32.7 Å². The molecule has 0 bridgehead atoms. The van der Waals surface area contributed by atoms with Gasteiger partial charge in [0.05, 0.1) is 0 Å². The van der Waals surface area contributed by atoms with Crippen molar-refractivity contribution in [1.29, 1.82) is 0 Å². The van der Waals surface area contributed by atoms with Crippen molar-refractivity contribution in [3.63, 3.8) is 0 Å². The van der Waals surface area contributed by atoms with Gasteiger partial charge in [-0.1, -0.05) is 31.5 Å². The third-order valence-corrected chi connectivity index (χ3v) is 3.45. The molecule has 1 nitrogen and oxygen atoms in total. The minimum absolute atomic E-state index is 0.456. The normalized spacial score (nSPS) is 23.6. The van der Waals surface area contributed by atoms with Crippen LogP contribution in [0.4, 0.5) is 0 Å². The molecule has 1 aliphatic rings. The maximum absolute atomic E-state index is 5.94. The second kappa shape index (κ2) is 3.25. The predicted octanol–water partition coefficient (Wildman–Crippen LogP) is 3.31. The summed E-state index contributed by atoms with van der Waals surface area (Å²) in [7, 11) is 0. The number of hydrogen-bond acceptors (Lipinski definition) is 1. The van der Waals surface area contributed by atoms with Gasteiger partial charge in [-0.15, -0.1) is 0 Å². The molecular formula is C12H16ClN. The first-order valence-electron chi connectivity index (χ1n) is 5.03. The lowest BCUT2D eigenvalue weighted by atomic mass is 9.98. The second-order valence-electron chi connectivity index (χ2n) is 4.79. The van der Waals surface area contributed by atoms with Crippen molar-refractivity contribution < 1.29 is 0 Å². The number of rotatable bonds is 2. The largest absolute Gasteiger partial charge is 0.326 e. The summed E-state index contributed by atoms with van der Waals surface area (Å²) >= 11 is 5.94. The Hall–Kier alpha value is -0.530. The molecule has 0 spiro atoms. The molecule has 0 aliphatic heterocycles. The van der Waals surface area contributed by atoms with Crippen LogP contribution in [0.3, 0.4) is 0 Å². The van der Waals surface area contributed by atoms with Crippen molar-refractivity contribution in [2.75, 3.05) is 0 Å². The minimum Gasteiger partial charge on any atom is -0.326 e. The smallest absolute Gasteiger partial charge is 0.0409 e. The summed E-state index contributed by atoms with van der Waals surface area (Å²) in [6, 6.07) is 6.08. The van der Waals surface area contributed by atoms with Crippen LogP contribution in [0.5, 0.6) is 0 Å². The zero-order valence-corrected chi connectivity index (χ0v) is 9.43. The van der Waals surface area contributed by atoms with E-state index in [4.69, 9.17) is 17.3 Å². The molecule has 0 saturated heterocycles. The summed E-state index contributed by atoms with van der Waals surface area (Å²) in [5.41, 5.74) is 8.76. The summed E-state index contributed by atoms with van der Waals surface area (Å²) in [4.78, 5) is 0. The molecule has 1 aromatic rings. The van der Waals surface area contributed by atoms with Crippen LogP contribution in [0.1, 0.15) is 37.3 Å². The van der Waals surface area contributed by atoms with E-state index in [9.17, 15) is 0 Å². The van der Waals surface area contributed by atoms with E-state index in [1.54, 1.807) is 0 Å². The Balaban J connectivity index is 2.35. The molecule has 1 unspecified atom stereocenters. The van der Waals surface area contributed by atoms with Crippen molar-refractivity contribution in [2.24, 2.45) is 11.1 Å². The molecule has 1 aromatic carbocycles. The van der Waals surface area contributed by atoms with Crippen LogP contribution in [0.15, 0.2) is 18.2 Å². The van der Waals surface area contributed by atoms with Crippen molar-refractivity contribution in [3.8, 4) is 0 Å². The van der Waals surface area contributed by atoms with E-state index < -0.39 is 0 Å². The Morgan fingerprint density at radius 2 is 2.14 bits per heavy atom. The summed E-state index contributed by atoms with van der Waals surface area (Å²) in [5, 5.41) is 0.785. The first-order valence-corrected chi connectivity index (χ1v) is 5.41. The van der Waals surface area contributed by atoms with Crippen LogP contribution in [0.2, 0.25) is 5.02 Å². The van der Waals surface area contributed by atoms with Gasteiger partial charge in [0.15, 0.2) is 0 Å². The Bertz CT molecular complexity index is 357. The standard InChI is InChI=1S/C12H16ClN/c1-12(2)6-11(12)10-4-3-9(13)5-8(10)7-14/h3-5,11H,6-7,14H2,1-2H3. The molecule has 0 aromatic heterocycles. The summed E-state index contributed by atoms with van der Waals surface area (Å²) in [6.07, 6.45) is 1.27. The minimum atomic E-state index is 0.456. The molecule has 76 valence electrons. The topological polar surface area (TPSA) is 26.0 Å². The van der Waals surface area contributed by atoms with E-state index in [1.807, 2.05) is 12.1 Å². The fraction of sp³-hybridized carbons (Fsp3) is 0.500. The Labute approximate surface area is 90.3 Å². The monoisotopic (exact) mass is 209 g/mol. The molecule has 2 rings (SSSR count). The molecule has 2 N–H and O–H groups in total. The fourth-order valence-corrected chi connectivity index (χ4v) is 2.28. The Kier molecular flexibility index (Phi) is 2.32. The van der Waals surface area contributed by atoms with Gasteiger partial charge >= 0.3 is 0 Å². The maximum Gasteiger partial charge on any atom is 0.0409 e. The van der Waals surface area contributed by atoms with Crippen molar-refractivity contribution in [3.05, 3.63) is 34.3 Å². The first-order chi connectivity index (χ1) is 6.54. The zero-order valence-electron chi connectivity index (χ0n) is 8.68. The molecule has 0 radical (unpaired) electrons. The maximum atomic E-state index is 5.94. The average Bonchev–Trinajstić information content (AvgIpc) is 2.74. The van der Waals surface area contributed by atoms with Crippen LogP contribution in [0, 0.1) is 5.41 Å². The van der Waals surface area contributed by atoms with Gasteiger partial charge < -0.3 is 5.73 Å². The SMILES string of the molecule is CC1(C)CC1c1ccc(Cl)cc1CN. The highest BCUT2D eigenvalue weighted by molar-refractivity contribution is 6.30. The van der Waals surface area contributed by atoms with Crippen LogP contribution >= 0.6 is 11.6 Å². The highest BCUT2D eigenvalue weighted by atomic mass is 35.5. The summed E-state index contributed by atoms with van der Waals surface area (Å²) < 4.78 is 0. The average molecular weight is 210 g/mol. The van der Waals surface area contributed by atoms with Crippen LogP contribution in [0.25, 0.3) is 0 Å². The molecule has 0 heterocycles. The van der Waals surface area contributed by atoms with E-state index >= 15 is 0 Å². The Morgan fingerprint density at radius 1 is 1.50 bits per heavy atom. The lowest BCUT2D eigenvalue weighted by Gasteiger charge is -2.09. The van der Waals surface area contributed by atoms with E-state index in [0.717, 1.165) is 5.02 Å². The molecule has 1 saturated carbocycles. The van der Waals surface area contributed by atoms with Gasteiger partial charge in [-0.2, -0.15) is 0 Å². The lowest BCUT2D eigenvalue weighted by molar-refractivity contribution is 0.619. The lowest BCUT2D eigenvalue weighted by Crippen LogP contribution is -2.02. The highest BCUT2D eigenvalue weighted by Crippen LogP contribution is 2.59. The summed E-state index contributed by atoms with van der Waals surface area (Å²) in [5.74, 6) is 0.679. The number of hydrogen-bond donors (Lipinski definition) is 1. The summed E-state index contributed by atoms with van der Waals surface area (Å²) in [6.45, 7) is 5.18. The van der Waals surface area contributed by atoms with Gasteiger partial charge in [-0.25, -0.2) is 0 Å². The van der Waals surface area contributed by atoms with Gasteiger partial charge in [0.25, 0.3) is 0 Å². The predicted molar refractivity (Wildman–Crippen MR) is 60.5 cm³/mol. The van der Waals surface area contributed by atoms with Crippen LogP contribution in [-0.4, -0.2) is 0 Å². The number of halogens is 1. The zero-order chi connectivity index (χ0) is 10.3. The van der Waals surface area contributed by atoms with E-state index in [-0.39, 0.29) is 0 Å². The molecule has 14 heavy (non-hydrogen) atoms. The third kappa shape index (κ3) is 1.67. The van der Waals surface area contributed by atoms with Crippen molar-refractivity contribution >= 4 is 11.6 Å². The second-order valence-corrected chi connectivity index (χ2v) is 5.23. The van der Waals surface area contributed by atoms with Crippen LogP contribution < -0.4 is 5.73 Å².